The molecule has 0 aliphatic heterocycles. The first-order chi connectivity index (χ1) is 15.1. The minimum atomic E-state index is -1.11. The van der Waals surface area contributed by atoms with E-state index >= 15 is 0 Å². The van der Waals surface area contributed by atoms with Crippen LogP contribution >= 0.6 is 74.5 Å². The van der Waals surface area contributed by atoms with Crippen LogP contribution in [0.25, 0.3) is 0 Å². The van der Waals surface area contributed by atoms with E-state index in [2.05, 4.69) is 74.5 Å². The predicted octanol–water partition coefficient (Wildman–Crippen LogP) is 4.34. The molecule has 0 aliphatic carbocycles. The quantitative estimate of drug-likeness (QED) is 0.232. The summed E-state index contributed by atoms with van der Waals surface area (Å²) >= 11 is 9.54. The Labute approximate surface area is 240 Å². The van der Waals surface area contributed by atoms with Gasteiger partial charge >= 0.3 is 68.4 Å². The molecule has 7 nitrogen and oxygen atoms in total. The van der Waals surface area contributed by atoms with Gasteiger partial charge in [0.05, 0.1) is 0 Å². The van der Waals surface area contributed by atoms with E-state index in [1.807, 2.05) is 6.92 Å². The van der Waals surface area contributed by atoms with E-state index in [0.29, 0.717) is 19.7 Å². The molecule has 0 saturated heterocycles. The Bertz CT molecular complexity index is 875. The molecule has 0 bridgehead atoms. The van der Waals surface area contributed by atoms with Gasteiger partial charge in [0.2, 0.25) is 0 Å². The van der Waals surface area contributed by atoms with Gasteiger partial charge in [-0.15, -0.1) is 0 Å². The van der Waals surface area contributed by atoms with Crippen LogP contribution in [0.4, 0.5) is 0 Å². The summed E-state index contributed by atoms with van der Waals surface area (Å²) in [5, 5.41) is 26.5. The van der Waals surface area contributed by atoms with Crippen LogP contribution in [0.3, 0.4) is 0 Å². The number of ether oxygens (including phenoxy) is 1. The normalized spacial score (nSPS) is 9.09. The van der Waals surface area contributed by atoms with Crippen molar-refractivity contribution < 1.29 is 47.7 Å². The zero-order valence-corrected chi connectivity index (χ0v) is 28.0. The summed E-state index contributed by atoms with van der Waals surface area (Å²) in [7, 11) is 0. The fourth-order valence-electron chi connectivity index (χ4n) is 2.10. The van der Waals surface area contributed by atoms with Crippen molar-refractivity contribution in [2.75, 3.05) is 0 Å². The number of hydrogen-bond acceptors (Lipinski definition) is 5. The molecule has 0 heterocycles. The molecule has 0 atom stereocenters. The zero-order valence-electron chi connectivity index (χ0n) is 17.2. The Hall–Kier alpha value is 0.300. The molecule has 0 unspecified atom stereocenters. The van der Waals surface area contributed by atoms with E-state index in [1.165, 1.54) is 24.3 Å². The fraction of sp³-hybridized carbons (Fsp3) is 0.250. The van der Waals surface area contributed by atoms with Gasteiger partial charge in [0.15, 0.2) is 0 Å². The van der Waals surface area contributed by atoms with Gasteiger partial charge in [-0.1, -0.05) is 30.2 Å². The molecule has 2 rings (SSSR count). The van der Waals surface area contributed by atoms with Crippen LogP contribution in [0.1, 0.15) is 51.6 Å². The Morgan fingerprint density at radius 2 is 1.34 bits per heavy atom. The Balaban J connectivity index is 0. The number of esters is 1. The van der Waals surface area contributed by atoms with Crippen molar-refractivity contribution in [1.82, 2.24) is 0 Å². The molecule has 0 saturated carbocycles. The number of aromatic hydroxyl groups is 1. The van der Waals surface area contributed by atoms with Gasteiger partial charge in [0.1, 0.15) is 22.6 Å². The second-order valence-corrected chi connectivity index (χ2v) is 22.2. The van der Waals surface area contributed by atoms with Crippen LogP contribution in [0.5, 0.6) is 11.5 Å². The van der Waals surface area contributed by atoms with Gasteiger partial charge in [-0.3, -0.25) is 4.79 Å². The Morgan fingerprint density at radius 3 is 1.75 bits per heavy atom. The number of benzene rings is 2. The molecule has 0 fully saturated rings. The third-order valence-electron chi connectivity index (χ3n) is 3.43. The second kappa shape index (κ2) is 20.7. The van der Waals surface area contributed by atoms with Crippen molar-refractivity contribution in [2.45, 2.75) is 33.6 Å². The SMILES string of the molecule is CCCC(=O)Oc1ccc(C)cc1C(=O)O.Cc1ccc(O)c(C(=O)O)c1.II.I[I-]I. The van der Waals surface area contributed by atoms with Crippen molar-refractivity contribution in [2.24, 2.45) is 0 Å². The number of phenols is 1. The molecule has 12 heteroatoms. The van der Waals surface area contributed by atoms with Crippen molar-refractivity contribution in [3.05, 3.63) is 58.7 Å². The third kappa shape index (κ3) is 15.3. The monoisotopic (exact) mass is 1010 g/mol. The summed E-state index contributed by atoms with van der Waals surface area (Å²) in [4.78, 5) is 32.6. The third-order valence-corrected chi connectivity index (χ3v) is 3.43. The molecule has 0 aromatic heterocycles. The number of aryl methyl sites for hydroxylation is 2. The van der Waals surface area contributed by atoms with Crippen molar-refractivity contribution in [3.8, 4) is 11.5 Å². The summed E-state index contributed by atoms with van der Waals surface area (Å²) in [6.07, 6.45) is 0.958. The molecule has 2 aromatic carbocycles. The van der Waals surface area contributed by atoms with E-state index in [1.54, 1.807) is 26.0 Å². The maximum atomic E-state index is 11.3. The summed E-state index contributed by atoms with van der Waals surface area (Å²) in [6.45, 7) is 5.41. The van der Waals surface area contributed by atoms with Gasteiger partial charge in [-0.25, -0.2) is 9.59 Å². The molecular weight excluding hydrogens is 987 g/mol. The first-order valence-electron chi connectivity index (χ1n) is 8.66. The number of aromatic carboxylic acids is 2. The summed E-state index contributed by atoms with van der Waals surface area (Å²) in [5.41, 5.74) is 1.60. The van der Waals surface area contributed by atoms with Gasteiger partial charge < -0.3 is 20.1 Å². The van der Waals surface area contributed by atoms with Crippen LogP contribution in [-0.4, -0.2) is 33.2 Å². The van der Waals surface area contributed by atoms with Gasteiger partial charge in [0, 0.05) is 43.7 Å². The maximum absolute atomic E-state index is 11.3. The predicted molar refractivity (Wildman–Crippen MR) is 155 cm³/mol. The molecule has 0 spiro atoms. The minimum absolute atomic E-state index is 0.0180. The Morgan fingerprint density at radius 1 is 0.906 bits per heavy atom. The average molecular weight is 1010 g/mol. The van der Waals surface area contributed by atoms with Crippen LogP contribution in [0.15, 0.2) is 36.4 Å². The molecule has 0 amide bonds. The summed E-state index contributed by atoms with van der Waals surface area (Å²) in [5.74, 6) is -2.69. The molecule has 180 valence electrons. The van der Waals surface area contributed by atoms with Crippen LogP contribution < -0.4 is 18.0 Å². The van der Waals surface area contributed by atoms with E-state index in [0.717, 1.165) is 11.1 Å². The molecule has 32 heavy (non-hydrogen) atoms. The second-order valence-electron chi connectivity index (χ2n) is 5.91. The van der Waals surface area contributed by atoms with Gasteiger partial charge in [-0.05, 0) is 44.5 Å². The Kier molecular flexibility index (Phi) is 22.2. The van der Waals surface area contributed by atoms with Crippen molar-refractivity contribution >= 4 is 92.4 Å². The first kappa shape index (κ1) is 34.5. The number of carbonyl (C=O) groups is 3. The topological polar surface area (TPSA) is 121 Å². The average Bonchev–Trinajstić information content (AvgIpc) is 2.73. The van der Waals surface area contributed by atoms with Crippen molar-refractivity contribution in [3.63, 3.8) is 0 Å². The van der Waals surface area contributed by atoms with E-state index in [9.17, 15) is 14.4 Å². The fourth-order valence-corrected chi connectivity index (χ4v) is 2.10. The first-order valence-corrected chi connectivity index (χ1v) is 27.5. The molecular formula is C20H22I5O7-. The number of carbonyl (C=O) groups excluding carboxylic acids is 1. The van der Waals surface area contributed by atoms with Crippen LogP contribution in [0, 0.1) is 13.8 Å². The van der Waals surface area contributed by atoms with Gasteiger partial charge in [0.25, 0.3) is 0 Å². The van der Waals surface area contributed by atoms with Crippen molar-refractivity contribution in [1.29, 1.82) is 0 Å². The molecule has 0 aliphatic rings. The number of halogens is 5. The van der Waals surface area contributed by atoms with Gasteiger partial charge in [-0.2, -0.15) is 0 Å². The standard InChI is InChI=1S/C12H14O4.C8H8O3.I3.I2/c1-3-4-11(13)16-10-6-5-8(2)7-9(10)12(14)15;1-5-2-3-7(9)6(4-5)8(10)11;1-3-2;1-2/h5-7H,3-4H2,1-2H3,(H,14,15);2-4,9H,1H3,(H,10,11);;/q;;-1;. The molecule has 3 N–H and O–H groups in total. The summed E-state index contributed by atoms with van der Waals surface area (Å²) in [6, 6.07) is 9.16. The molecule has 0 radical (unpaired) electrons. The van der Waals surface area contributed by atoms with E-state index in [4.69, 9.17) is 20.1 Å². The zero-order chi connectivity index (χ0) is 25.3. The number of rotatable bonds is 5. The summed E-state index contributed by atoms with van der Waals surface area (Å²) < 4.78 is 4.98. The van der Waals surface area contributed by atoms with E-state index < -0.39 is 17.9 Å². The number of carboxylic acid groups (broad SMARTS) is 2. The van der Waals surface area contributed by atoms with Crippen LogP contribution in [-0.2, 0) is 4.79 Å². The number of hydrogen-bond donors (Lipinski definition) is 3. The number of carboxylic acids is 2. The van der Waals surface area contributed by atoms with E-state index in [-0.39, 0.29) is 29.0 Å². The van der Waals surface area contributed by atoms with Crippen LogP contribution in [0.2, 0.25) is 0 Å². The molecule has 2 aromatic rings.